The van der Waals surface area contributed by atoms with E-state index < -0.39 is 17.6 Å². The van der Waals surface area contributed by atoms with Gasteiger partial charge < -0.3 is 4.90 Å². The predicted octanol–water partition coefficient (Wildman–Crippen LogP) is 4.31. The summed E-state index contributed by atoms with van der Waals surface area (Å²) in [4.78, 5) is 13.7. The van der Waals surface area contributed by atoms with Gasteiger partial charge in [-0.05, 0) is 31.0 Å². The third-order valence-electron chi connectivity index (χ3n) is 3.17. The number of alkyl halides is 4. The van der Waals surface area contributed by atoms with Gasteiger partial charge >= 0.3 is 6.18 Å². The molecule has 7 heteroatoms. The Labute approximate surface area is 128 Å². The summed E-state index contributed by atoms with van der Waals surface area (Å²) in [5.74, 6) is -0.616. The molecule has 1 heterocycles. The lowest BCUT2D eigenvalue weighted by Gasteiger charge is -2.30. The first kappa shape index (κ1) is 15.6. The molecule has 0 N–H and O–H groups in total. The van der Waals surface area contributed by atoms with E-state index in [9.17, 15) is 18.0 Å². The fourth-order valence-corrected chi connectivity index (χ4v) is 2.90. The Bertz CT molecular complexity index is 521. The number of hydrogen-bond acceptors (Lipinski definition) is 1. The average molecular weight is 371 g/mol. The molecule has 0 spiro atoms. The molecule has 0 aromatic heterocycles. The number of rotatable bonds is 1. The Morgan fingerprint density at radius 1 is 1.40 bits per heavy atom. The van der Waals surface area contributed by atoms with Gasteiger partial charge in [0.2, 0.25) is 0 Å². The Morgan fingerprint density at radius 3 is 2.70 bits per heavy atom. The number of carbonyl (C=O) groups excluding carboxylic acids is 1. The summed E-state index contributed by atoms with van der Waals surface area (Å²) < 4.78 is 39.3. The van der Waals surface area contributed by atoms with Crippen LogP contribution < -0.4 is 0 Å². The monoisotopic (exact) mass is 369 g/mol. The Hall–Kier alpha value is -0.750. The van der Waals surface area contributed by atoms with Gasteiger partial charge in [-0.25, -0.2) is 0 Å². The van der Waals surface area contributed by atoms with Crippen molar-refractivity contribution in [3.05, 3.63) is 33.8 Å². The van der Waals surface area contributed by atoms with E-state index in [0.717, 1.165) is 12.5 Å². The van der Waals surface area contributed by atoms with Crippen LogP contribution in [0.25, 0.3) is 0 Å². The van der Waals surface area contributed by atoms with Crippen molar-refractivity contribution in [2.75, 3.05) is 13.1 Å². The molecule has 1 amide bonds. The van der Waals surface area contributed by atoms with Crippen LogP contribution in [0.4, 0.5) is 13.2 Å². The largest absolute Gasteiger partial charge is 0.417 e. The van der Waals surface area contributed by atoms with E-state index in [0.29, 0.717) is 13.0 Å². The van der Waals surface area contributed by atoms with Crippen LogP contribution in [-0.4, -0.2) is 29.3 Å². The molecule has 1 aromatic rings. The minimum atomic E-state index is -4.56. The zero-order valence-corrected chi connectivity index (χ0v) is 12.7. The standard InChI is InChI=1S/C13H12BrClF3NO/c14-8-3-4-10(11(6-8)13(16,17)18)12(20)19-5-1-2-9(15)7-19/h3-4,6,9H,1-2,5,7H2. The van der Waals surface area contributed by atoms with Crippen LogP contribution >= 0.6 is 27.5 Å². The molecule has 110 valence electrons. The maximum absolute atomic E-state index is 13.0. The van der Waals surface area contributed by atoms with Gasteiger partial charge in [0.05, 0.1) is 16.5 Å². The van der Waals surface area contributed by atoms with Gasteiger partial charge in [0.15, 0.2) is 0 Å². The number of carbonyl (C=O) groups is 1. The molecule has 2 rings (SSSR count). The molecule has 1 fully saturated rings. The van der Waals surface area contributed by atoms with Crippen LogP contribution in [0.2, 0.25) is 0 Å². The van der Waals surface area contributed by atoms with Crippen LogP contribution in [-0.2, 0) is 6.18 Å². The van der Waals surface area contributed by atoms with E-state index in [1.54, 1.807) is 0 Å². The summed E-state index contributed by atoms with van der Waals surface area (Å²) in [6.07, 6.45) is -3.08. The first-order valence-electron chi connectivity index (χ1n) is 6.09. The van der Waals surface area contributed by atoms with Crippen LogP contribution in [0, 0.1) is 0 Å². The van der Waals surface area contributed by atoms with E-state index >= 15 is 0 Å². The number of nitrogens with zero attached hydrogens (tertiary/aromatic N) is 1. The van der Waals surface area contributed by atoms with Crippen LogP contribution in [0.3, 0.4) is 0 Å². The maximum atomic E-state index is 13.0. The van der Waals surface area contributed by atoms with Crippen molar-refractivity contribution >= 4 is 33.4 Å². The van der Waals surface area contributed by atoms with Crippen molar-refractivity contribution in [3.8, 4) is 0 Å². The van der Waals surface area contributed by atoms with Crippen molar-refractivity contribution < 1.29 is 18.0 Å². The van der Waals surface area contributed by atoms with Crippen molar-refractivity contribution in [3.63, 3.8) is 0 Å². The van der Waals surface area contributed by atoms with Crippen molar-refractivity contribution in [1.82, 2.24) is 4.90 Å². The highest BCUT2D eigenvalue weighted by atomic mass is 79.9. The zero-order valence-electron chi connectivity index (χ0n) is 10.4. The lowest BCUT2D eigenvalue weighted by atomic mass is 10.0. The Kier molecular flexibility index (Phi) is 4.64. The van der Waals surface area contributed by atoms with Gasteiger partial charge in [0, 0.05) is 17.6 Å². The summed E-state index contributed by atoms with van der Waals surface area (Å²) in [5.41, 5.74) is -1.25. The fraction of sp³-hybridized carbons (Fsp3) is 0.462. The zero-order chi connectivity index (χ0) is 14.9. The molecular weight excluding hydrogens is 359 g/mol. The van der Waals surface area contributed by atoms with Crippen molar-refractivity contribution in [2.24, 2.45) is 0 Å². The van der Waals surface area contributed by atoms with Gasteiger partial charge in [-0.1, -0.05) is 15.9 Å². The lowest BCUT2D eigenvalue weighted by Crippen LogP contribution is -2.41. The quantitative estimate of drug-likeness (QED) is 0.675. The van der Waals surface area contributed by atoms with Crippen LogP contribution in [0.5, 0.6) is 0 Å². The Balaban J connectivity index is 2.34. The molecule has 20 heavy (non-hydrogen) atoms. The number of piperidine rings is 1. The highest BCUT2D eigenvalue weighted by Crippen LogP contribution is 2.34. The van der Waals surface area contributed by atoms with Gasteiger partial charge in [-0.2, -0.15) is 13.2 Å². The molecule has 1 aliphatic heterocycles. The third-order valence-corrected chi connectivity index (χ3v) is 4.02. The van der Waals surface area contributed by atoms with E-state index in [1.165, 1.54) is 17.0 Å². The number of likely N-dealkylation sites (tertiary alicyclic amines) is 1. The first-order valence-corrected chi connectivity index (χ1v) is 7.32. The number of halogens is 5. The van der Waals surface area contributed by atoms with Gasteiger partial charge in [0.25, 0.3) is 5.91 Å². The third kappa shape index (κ3) is 3.47. The van der Waals surface area contributed by atoms with Gasteiger partial charge in [0.1, 0.15) is 0 Å². The normalized spacial score (nSPS) is 20.1. The molecule has 1 saturated heterocycles. The van der Waals surface area contributed by atoms with Gasteiger partial charge in [-0.15, -0.1) is 11.6 Å². The average Bonchev–Trinajstić information content (AvgIpc) is 2.37. The second-order valence-corrected chi connectivity index (χ2v) is 6.21. The van der Waals surface area contributed by atoms with Gasteiger partial charge in [-0.3, -0.25) is 4.79 Å². The molecule has 1 atom stereocenters. The second kappa shape index (κ2) is 5.93. The molecular formula is C13H12BrClF3NO. The van der Waals surface area contributed by atoms with E-state index in [4.69, 9.17) is 11.6 Å². The fourth-order valence-electron chi connectivity index (χ4n) is 2.22. The highest BCUT2D eigenvalue weighted by Gasteiger charge is 2.37. The van der Waals surface area contributed by atoms with E-state index in [1.807, 2.05) is 0 Å². The summed E-state index contributed by atoms with van der Waals surface area (Å²) in [6.45, 7) is 0.725. The molecule has 2 nitrogen and oxygen atoms in total. The SMILES string of the molecule is O=C(c1ccc(Br)cc1C(F)(F)F)N1CCCC(Cl)C1. The predicted molar refractivity (Wildman–Crippen MR) is 73.9 cm³/mol. The smallest absolute Gasteiger partial charge is 0.337 e. The molecule has 1 unspecified atom stereocenters. The molecule has 1 aromatic carbocycles. The van der Waals surface area contributed by atoms with E-state index in [-0.39, 0.29) is 22.0 Å². The summed E-state index contributed by atoms with van der Waals surface area (Å²) in [5, 5.41) is -0.197. The summed E-state index contributed by atoms with van der Waals surface area (Å²) in [6, 6.07) is 3.56. The van der Waals surface area contributed by atoms with Crippen molar-refractivity contribution in [2.45, 2.75) is 24.4 Å². The molecule has 0 saturated carbocycles. The number of benzene rings is 1. The Morgan fingerprint density at radius 2 is 2.10 bits per heavy atom. The van der Waals surface area contributed by atoms with Crippen molar-refractivity contribution in [1.29, 1.82) is 0 Å². The lowest BCUT2D eigenvalue weighted by molar-refractivity contribution is -0.138. The minimum absolute atomic E-state index is 0.197. The minimum Gasteiger partial charge on any atom is -0.337 e. The van der Waals surface area contributed by atoms with Crippen LogP contribution in [0.15, 0.2) is 22.7 Å². The van der Waals surface area contributed by atoms with Crippen LogP contribution in [0.1, 0.15) is 28.8 Å². The molecule has 0 radical (unpaired) electrons. The summed E-state index contributed by atoms with van der Waals surface area (Å²) >= 11 is 8.97. The number of hydrogen-bond donors (Lipinski definition) is 0. The summed E-state index contributed by atoms with van der Waals surface area (Å²) in [7, 11) is 0. The highest BCUT2D eigenvalue weighted by molar-refractivity contribution is 9.10. The molecule has 0 aliphatic carbocycles. The second-order valence-electron chi connectivity index (χ2n) is 4.68. The maximum Gasteiger partial charge on any atom is 0.417 e. The topological polar surface area (TPSA) is 20.3 Å². The number of amides is 1. The van der Waals surface area contributed by atoms with E-state index in [2.05, 4.69) is 15.9 Å². The molecule has 0 bridgehead atoms. The molecule has 1 aliphatic rings. The first-order chi connectivity index (χ1) is 9.29.